The maximum Gasteiger partial charge on any atom is 0.254 e. The fourth-order valence-electron chi connectivity index (χ4n) is 4.10. The highest BCUT2D eigenvalue weighted by Gasteiger charge is 2.25. The SMILES string of the molecule is O=C(Cc1ccc(S(=O)(=O)N2CCCCC2)cc1)Nc1cccc(C(=O)N2CCOCC2)c1. The van der Waals surface area contributed by atoms with Gasteiger partial charge < -0.3 is 15.0 Å². The molecule has 2 aliphatic heterocycles. The lowest BCUT2D eigenvalue weighted by molar-refractivity contribution is -0.115. The molecule has 0 unspecified atom stereocenters. The summed E-state index contributed by atoms with van der Waals surface area (Å²) in [6.45, 7) is 3.28. The first-order chi connectivity index (χ1) is 15.9. The van der Waals surface area contributed by atoms with Crippen LogP contribution in [0.4, 0.5) is 5.69 Å². The molecule has 4 rings (SSSR count). The van der Waals surface area contributed by atoms with Crippen molar-refractivity contribution in [2.24, 2.45) is 0 Å². The van der Waals surface area contributed by atoms with Crippen LogP contribution in [0.15, 0.2) is 53.4 Å². The Morgan fingerprint density at radius 2 is 1.61 bits per heavy atom. The molecule has 1 N–H and O–H groups in total. The minimum atomic E-state index is -3.49. The maximum atomic E-state index is 12.8. The molecule has 2 aromatic rings. The average molecular weight is 472 g/mol. The second-order valence-electron chi connectivity index (χ2n) is 8.32. The number of benzene rings is 2. The monoisotopic (exact) mass is 471 g/mol. The van der Waals surface area contributed by atoms with E-state index in [1.54, 1.807) is 53.4 Å². The maximum absolute atomic E-state index is 12.8. The number of nitrogens with zero attached hydrogens (tertiary/aromatic N) is 2. The lowest BCUT2D eigenvalue weighted by Gasteiger charge is -2.27. The third kappa shape index (κ3) is 5.79. The summed E-state index contributed by atoms with van der Waals surface area (Å²) >= 11 is 0. The van der Waals surface area contributed by atoms with Gasteiger partial charge in [0, 0.05) is 37.4 Å². The Bertz CT molecular complexity index is 1090. The Kier molecular flexibility index (Phi) is 7.42. The molecule has 2 heterocycles. The van der Waals surface area contributed by atoms with Crippen LogP contribution in [0.3, 0.4) is 0 Å². The van der Waals surface area contributed by atoms with Crippen LogP contribution in [0.1, 0.15) is 35.2 Å². The molecule has 176 valence electrons. The fourth-order valence-corrected chi connectivity index (χ4v) is 5.62. The summed E-state index contributed by atoms with van der Waals surface area (Å²) in [7, 11) is -3.49. The van der Waals surface area contributed by atoms with Crippen molar-refractivity contribution >= 4 is 27.5 Å². The van der Waals surface area contributed by atoms with Crippen LogP contribution in [0.25, 0.3) is 0 Å². The molecule has 0 atom stereocenters. The normalized spacial score (nSPS) is 17.5. The smallest absolute Gasteiger partial charge is 0.254 e. The van der Waals surface area contributed by atoms with Crippen molar-refractivity contribution in [1.29, 1.82) is 0 Å². The van der Waals surface area contributed by atoms with Gasteiger partial charge in [0.2, 0.25) is 15.9 Å². The van der Waals surface area contributed by atoms with Gasteiger partial charge >= 0.3 is 0 Å². The Balaban J connectivity index is 1.36. The van der Waals surface area contributed by atoms with Crippen molar-refractivity contribution in [3.63, 3.8) is 0 Å². The van der Waals surface area contributed by atoms with Gasteiger partial charge in [-0.3, -0.25) is 9.59 Å². The third-order valence-electron chi connectivity index (χ3n) is 5.93. The fraction of sp³-hybridized carbons (Fsp3) is 0.417. The van der Waals surface area contributed by atoms with E-state index < -0.39 is 10.0 Å². The van der Waals surface area contributed by atoms with Crippen LogP contribution in [-0.4, -0.2) is 68.8 Å². The van der Waals surface area contributed by atoms with Crippen molar-refractivity contribution in [1.82, 2.24) is 9.21 Å². The first kappa shape index (κ1) is 23.4. The van der Waals surface area contributed by atoms with Crippen LogP contribution >= 0.6 is 0 Å². The Morgan fingerprint density at radius 1 is 0.909 bits per heavy atom. The first-order valence-corrected chi connectivity index (χ1v) is 12.7. The van der Waals surface area contributed by atoms with Gasteiger partial charge in [0.25, 0.3) is 5.91 Å². The number of piperidine rings is 1. The Morgan fingerprint density at radius 3 is 2.30 bits per heavy atom. The van der Waals surface area contributed by atoms with Crippen LogP contribution in [0.5, 0.6) is 0 Å². The van der Waals surface area contributed by atoms with E-state index >= 15 is 0 Å². The number of amides is 2. The quantitative estimate of drug-likeness (QED) is 0.699. The molecule has 0 spiro atoms. The first-order valence-electron chi connectivity index (χ1n) is 11.3. The van der Waals surface area contributed by atoms with Gasteiger partial charge in [0.15, 0.2) is 0 Å². The van der Waals surface area contributed by atoms with Gasteiger partial charge in [0.05, 0.1) is 24.5 Å². The minimum absolute atomic E-state index is 0.0834. The number of nitrogens with one attached hydrogen (secondary N) is 1. The number of hydrogen-bond acceptors (Lipinski definition) is 5. The molecule has 0 aromatic heterocycles. The molecule has 8 nitrogen and oxygen atoms in total. The molecule has 33 heavy (non-hydrogen) atoms. The molecule has 0 bridgehead atoms. The standard InChI is InChI=1S/C24H29N3O5S/c28-23(25-21-6-4-5-20(18-21)24(29)26-13-15-32-16-14-26)17-19-7-9-22(10-8-19)33(30,31)27-11-2-1-3-12-27/h4-10,18H,1-3,11-17H2,(H,25,28). The van der Waals surface area contributed by atoms with E-state index in [-0.39, 0.29) is 23.1 Å². The van der Waals surface area contributed by atoms with Gasteiger partial charge in [-0.2, -0.15) is 4.31 Å². The molecule has 2 amide bonds. The summed E-state index contributed by atoms with van der Waals surface area (Å²) in [5.74, 6) is -0.322. The van der Waals surface area contributed by atoms with Crippen molar-refractivity contribution in [3.8, 4) is 0 Å². The lowest BCUT2D eigenvalue weighted by Crippen LogP contribution is -2.40. The van der Waals surface area contributed by atoms with E-state index in [9.17, 15) is 18.0 Å². The largest absolute Gasteiger partial charge is 0.378 e. The van der Waals surface area contributed by atoms with E-state index in [1.165, 1.54) is 4.31 Å². The Labute approximate surface area is 194 Å². The molecule has 0 radical (unpaired) electrons. The zero-order chi connectivity index (χ0) is 23.3. The van der Waals surface area contributed by atoms with Crippen molar-refractivity contribution in [3.05, 3.63) is 59.7 Å². The summed E-state index contributed by atoms with van der Waals surface area (Å²) < 4.78 is 32.4. The highest BCUT2D eigenvalue weighted by atomic mass is 32.2. The number of anilines is 1. The zero-order valence-electron chi connectivity index (χ0n) is 18.5. The predicted molar refractivity (Wildman–Crippen MR) is 125 cm³/mol. The highest BCUT2D eigenvalue weighted by molar-refractivity contribution is 7.89. The topological polar surface area (TPSA) is 96.0 Å². The van der Waals surface area contributed by atoms with E-state index in [0.29, 0.717) is 56.2 Å². The number of ether oxygens (including phenoxy) is 1. The number of hydrogen-bond donors (Lipinski definition) is 1. The van der Waals surface area contributed by atoms with E-state index in [1.807, 2.05) is 0 Å². The van der Waals surface area contributed by atoms with Gasteiger partial charge in [-0.05, 0) is 48.7 Å². The van der Waals surface area contributed by atoms with Crippen LogP contribution in [0.2, 0.25) is 0 Å². The third-order valence-corrected chi connectivity index (χ3v) is 7.85. The average Bonchev–Trinajstić information content (AvgIpc) is 2.85. The van der Waals surface area contributed by atoms with E-state index in [4.69, 9.17) is 4.74 Å². The summed E-state index contributed by atoms with van der Waals surface area (Å²) in [6.07, 6.45) is 2.93. The van der Waals surface area contributed by atoms with Gasteiger partial charge in [-0.1, -0.05) is 24.6 Å². The highest BCUT2D eigenvalue weighted by Crippen LogP contribution is 2.21. The lowest BCUT2D eigenvalue weighted by atomic mass is 10.1. The van der Waals surface area contributed by atoms with Gasteiger partial charge in [0.1, 0.15) is 0 Å². The number of morpholine rings is 1. The number of rotatable bonds is 6. The summed E-state index contributed by atoms with van der Waals surface area (Å²) in [5.41, 5.74) is 1.77. The number of carbonyl (C=O) groups is 2. The number of sulfonamides is 1. The second kappa shape index (κ2) is 10.5. The van der Waals surface area contributed by atoms with Gasteiger partial charge in [-0.25, -0.2) is 8.42 Å². The molecular weight excluding hydrogens is 442 g/mol. The van der Waals surface area contributed by atoms with Crippen molar-refractivity contribution in [2.45, 2.75) is 30.6 Å². The van der Waals surface area contributed by atoms with Crippen LogP contribution in [-0.2, 0) is 26.0 Å². The molecular formula is C24H29N3O5S. The van der Waals surface area contributed by atoms with Crippen LogP contribution < -0.4 is 5.32 Å². The molecule has 2 saturated heterocycles. The van der Waals surface area contributed by atoms with Crippen molar-refractivity contribution < 1.29 is 22.7 Å². The van der Waals surface area contributed by atoms with E-state index in [2.05, 4.69) is 5.32 Å². The molecule has 0 saturated carbocycles. The predicted octanol–water partition coefficient (Wildman–Crippen LogP) is 2.51. The van der Waals surface area contributed by atoms with Crippen molar-refractivity contribution in [2.75, 3.05) is 44.7 Å². The minimum Gasteiger partial charge on any atom is -0.378 e. The van der Waals surface area contributed by atoms with E-state index in [0.717, 1.165) is 19.3 Å². The zero-order valence-corrected chi connectivity index (χ0v) is 19.4. The second-order valence-corrected chi connectivity index (χ2v) is 10.3. The number of carbonyl (C=O) groups excluding carboxylic acids is 2. The molecule has 0 aliphatic carbocycles. The molecule has 9 heteroatoms. The van der Waals surface area contributed by atoms with Crippen LogP contribution in [0, 0.1) is 0 Å². The molecule has 2 fully saturated rings. The summed E-state index contributed by atoms with van der Waals surface area (Å²) in [5, 5.41) is 2.82. The molecule has 2 aliphatic rings. The Hall–Kier alpha value is -2.75. The summed E-state index contributed by atoms with van der Waals surface area (Å²) in [4.78, 5) is 27.2. The molecule has 2 aromatic carbocycles. The van der Waals surface area contributed by atoms with Gasteiger partial charge in [-0.15, -0.1) is 0 Å². The summed E-state index contributed by atoms with van der Waals surface area (Å²) in [6, 6.07) is 13.4.